The van der Waals surface area contributed by atoms with Crippen molar-refractivity contribution >= 4 is 35.4 Å². The molecule has 3 aromatic rings. The molecule has 3 aromatic carbocycles. The van der Waals surface area contributed by atoms with Crippen LogP contribution in [-0.2, 0) is 29.7 Å². The standard InChI is InChI=1S/C21H18F4N2O6S3/c1-13(27-36(32,33)21(23,24)25)14-6-9-16(10-7-14)34(28,29)19-11-8-15(26)12-20(19)35(30,31)18-5-3-2-4-17(18)22/h2-13,27H,26H2,1H3/t13-/m0/s1. The van der Waals surface area contributed by atoms with E-state index in [4.69, 9.17) is 5.73 Å². The largest absolute Gasteiger partial charge is 0.511 e. The van der Waals surface area contributed by atoms with Crippen LogP contribution in [0.15, 0.2) is 86.3 Å². The highest BCUT2D eigenvalue weighted by Gasteiger charge is 2.46. The van der Waals surface area contributed by atoms with Crippen molar-refractivity contribution in [2.75, 3.05) is 5.73 Å². The molecule has 0 aliphatic rings. The van der Waals surface area contributed by atoms with Crippen molar-refractivity contribution in [2.24, 2.45) is 0 Å². The summed E-state index contributed by atoms with van der Waals surface area (Å²) in [7, 11) is -14.9. The third-order valence-corrected chi connectivity index (χ3v) is 10.1. The first-order chi connectivity index (χ1) is 16.5. The molecule has 8 nitrogen and oxygen atoms in total. The summed E-state index contributed by atoms with van der Waals surface area (Å²) < 4.78 is 129. The Balaban J connectivity index is 2.05. The molecule has 0 bridgehead atoms. The van der Waals surface area contributed by atoms with Crippen molar-refractivity contribution in [1.82, 2.24) is 4.72 Å². The van der Waals surface area contributed by atoms with Crippen LogP contribution in [0, 0.1) is 5.82 Å². The maximum Gasteiger partial charge on any atom is 0.511 e. The van der Waals surface area contributed by atoms with Crippen LogP contribution in [0.3, 0.4) is 0 Å². The first kappa shape index (κ1) is 27.6. The molecule has 15 heteroatoms. The summed E-state index contributed by atoms with van der Waals surface area (Å²) in [5, 5.41) is 0. The van der Waals surface area contributed by atoms with Crippen LogP contribution < -0.4 is 10.5 Å². The molecular weight excluding hydrogens is 548 g/mol. The van der Waals surface area contributed by atoms with Crippen LogP contribution in [0.5, 0.6) is 0 Å². The molecule has 1 atom stereocenters. The van der Waals surface area contributed by atoms with Crippen molar-refractivity contribution in [2.45, 2.75) is 38.1 Å². The monoisotopic (exact) mass is 566 g/mol. The van der Waals surface area contributed by atoms with E-state index in [2.05, 4.69) is 0 Å². The second kappa shape index (κ2) is 9.46. The van der Waals surface area contributed by atoms with E-state index in [0.29, 0.717) is 0 Å². The molecule has 0 radical (unpaired) electrons. The van der Waals surface area contributed by atoms with Crippen LogP contribution >= 0.6 is 0 Å². The predicted octanol–water partition coefficient (Wildman–Crippen LogP) is 3.57. The summed E-state index contributed by atoms with van der Waals surface area (Å²) in [5.41, 5.74) is 0.0173. The Hall–Kier alpha value is -3.01. The van der Waals surface area contributed by atoms with E-state index in [0.717, 1.165) is 61.5 Å². The molecule has 0 aromatic heterocycles. The highest BCUT2D eigenvalue weighted by Crippen LogP contribution is 2.34. The number of sulfone groups is 2. The number of nitrogens with two attached hydrogens (primary N) is 1. The lowest BCUT2D eigenvalue weighted by Crippen LogP contribution is -2.37. The average molecular weight is 567 g/mol. The molecule has 0 spiro atoms. The lowest BCUT2D eigenvalue weighted by molar-refractivity contribution is -0.0450. The summed E-state index contributed by atoms with van der Waals surface area (Å²) >= 11 is 0. The Kier molecular flexibility index (Phi) is 7.25. The minimum absolute atomic E-state index is 0.00159. The van der Waals surface area contributed by atoms with Gasteiger partial charge in [-0.2, -0.15) is 13.2 Å². The van der Waals surface area contributed by atoms with Gasteiger partial charge in [0, 0.05) is 11.7 Å². The van der Waals surface area contributed by atoms with Crippen molar-refractivity contribution in [3.05, 3.63) is 78.1 Å². The molecule has 0 saturated heterocycles. The van der Waals surface area contributed by atoms with Gasteiger partial charge in [0.15, 0.2) is 0 Å². The number of hydrogen-bond donors (Lipinski definition) is 2. The van der Waals surface area contributed by atoms with Gasteiger partial charge in [0.25, 0.3) is 0 Å². The van der Waals surface area contributed by atoms with Gasteiger partial charge in [-0.25, -0.2) is 34.4 Å². The maximum atomic E-state index is 14.3. The Labute approximate surface area is 204 Å². The third kappa shape index (κ3) is 5.23. The van der Waals surface area contributed by atoms with E-state index in [1.165, 1.54) is 16.9 Å². The van der Waals surface area contributed by atoms with E-state index >= 15 is 0 Å². The van der Waals surface area contributed by atoms with E-state index in [-0.39, 0.29) is 11.3 Å². The van der Waals surface area contributed by atoms with Crippen LogP contribution in [-0.4, -0.2) is 30.8 Å². The van der Waals surface area contributed by atoms with Gasteiger partial charge in [0.2, 0.25) is 19.7 Å². The summed E-state index contributed by atoms with van der Waals surface area (Å²) in [4.78, 5) is -2.71. The molecule has 0 heterocycles. The fourth-order valence-corrected chi connectivity index (χ4v) is 7.32. The zero-order valence-corrected chi connectivity index (χ0v) is 20.6. The number of benzene rings is 3. The number of halogens is 4. The quantitative estimate of drug-likeness (QED) is 0.329. The number of alkyl halides is 3. The minimum Gasteiger partial charge on any atom is -0.399 e. The highest BCUT2D eigenvalue weighted by atomic mass is 32.2. The zero-order valence-electron chi connectivity index (χ0n) is 18.2. The van der Waals surface area contributed by atoms with Gasteiger partial charge in [-0.05, 0) is 55.0 Å². The second-order valence-corrected chi connectivity index (χ2v) is 13.0. The molecular formula is C21H18F4N2O6S3. The number of hydrogen-bond acceptors (Lipinski definition) is 7. The van der Waals surface area contributed by atoms with Crippen molar-refractivity contribution in [3.8, 4) is 0 Å². The van der Waals surface area contributed by atoms with E-state index in [1.54, 1.807) is 0 Å². The number of anilines is 1. The fourth-order valence-electron chi connectivity index (χ4n) is 3.17. The molecule has 0 amide bonds. The molecule has 3 rings (SSSR count). The summed E-state index contributed by atoms with van der Waals surface area (Å²) in [6.45, 7) is 1.12. The Bertz CT molecular complexity index is 1620. The average Bonchev–Trinajstić information content (AvgIpc) is 2.78. The van der Waals surface area contributed by atoms with Gasteiger partial charge in [-0.3, -0.25) is 0 Å². The predicted molar refractivity (Wildman–Crippen MR) is 121 cm³/mol. The molecule has 3 N–H and O–H groups in total. The molecule has 0 fully saturated rings. The maximum absolute atomic E-state index is 14.3. The second-order valence-electron chi connectivity index (χ2n) is 7.50. The van der Waals surface area contributed by atoms with Crippen LogP contribution in [0.4, 0.5) is 23.2 Å². The zero-order chi connectivity index (χ0) is 27.1. The van der Waals surface area contributed by atoms with Crippen molar-refractivity contribution in [1.29, 1.82) is 0 Å². The van der Waals surface area contributed by atoms with Crippen LogP contribution in [0.25, 0.3) is 0 Å². The molecule has 0 saturated carbocycles. The Morgan fingerprint density at radius 2 is 1.36 bits per heavy atom. The summed E-state index contributed by atoms with van der Waals surface area (Å²) in [5.74, 6) is -1.11. The molecule has 0 aliphatic heterocycles. The van der Waals surface area contributed by atoms with Crippen molar-refractivity contribution < 1.29 is 42.8 Å². The normalized spacial score (nSPS) is 13.9. The Morgan fingerprint density at radius 1 is 0.778 bits per heavy atom. The lowest BCUT2D eigenvalue weighted by atomic mass is 10.1. The van der Waals surface area contributed by atoms with E-state index in [1.807, 2.05) is 0 Å². The van der Waals surface area contributed by atoms with Gasteiger partial charge in [0.1, 0.15) is 10.7 Å². The van der Waals surface area contributed by atoms with Gasteiger partial charge in [-0.15, -0.1) is 0 Å². The van der Waals surface area contributed by atoms with Gasteiger partial charge < -0.3 is 5.73 Å². The lowest BCUT2D eigenvalue weighted by Gasteiger charge is -2.17. The van der Waals surface area contributed by atoms with E-state index < -0.39 is 66.6 Å². The number of nitrogen functional groups attached to an aromatic ring is 1. The van der Waals surface area contributed by atoms with Crippen molar-refractivity contribution in [3.63, 3.8) is 0 Å². The highest BCUT2D eigenvalue weighted by molar-refractivity contribution is 7.94. The molecule has 36 heavy (non-hydrogen) atoms. The van der Waals surface area contributed by atoms with Gasteiger partial charge in [-0.1, -0.05) is 24.3 Å². The van der Waals surface area contributed by atoms with Gasteiger partial charge in [0.05, 0.1) is 14.7 Å². The van der Waals surface area contributed by atoms with E-state index in [9.17, 15) is 42.8 Å². The smallest absolute Gasteiger partial charge is 0.399 e. The van der Waals surface area contributed by atoms with Crippen LogP contribution in [0.1, 0.15) is 18.5 Å². The summed E-state index contributed by atoms with van der Waals surface area (Å²) in [6, 6.07) is 10.0. The first-order valence-corrected chi connectivity index (χ1v) is 14.3. The first-order valence-electron chi connectivity index (χ1n) is 9.81. The molecule has 0 unspecified atom stereocenters. The third-order valence-electron chi connectivity index (χ3n) is 5.00. The SMILES string of the molecule is C[C@H](NS(=O)(=O)C(F)(F)F)c1ccc(S(=O)(=O)c2ccc(N)cc2S(=O)(=O)c2ccccc2F)cc1. The fraction of sp³-hybridized carbons (Fsp3) is 0.143. The van der Waals surface area contributed by atoms with Gasteiger partial charge >= 0.3 is 15.5 Å². The summed E-state index contributed by atoms with van der Waals surface area (Å²) in [6.07, 6.45) is 0. The molecule has 0 aliphatic carbocycles. The minimum atomic E-state index is -5.66. The van der Waals surface area contributed by atoms with Crippen LogP contribution in [0.2, 0.25) is 0 Å². The Morgan fingerprint density at radius 3 is 1.92 bits per heavy atom. The number of nitrogens with one attached hydrogen (secondary N) is 1. The topological polar surface area (TPSA) is 140 Å². The molecule has 194 valence electrons. The number of sulfonamides is 1. The number of rotatable bonds is 7.